The first kappa shape index (κ1) is 18.1. The number of furan rings is 1. The minimum atomic E-state index is -1.24. The molecule has 0 radical (unpaired) electrons. The van der Waals surface area contributed by atoms with Crippen LogP contribution in [0.2, 0.25) is 0 Å². The predicted octanol–water partition coefficient (Wildman–Crippen LogP) is 3.00. The summed E-state index contributed by atoms with van der Waals surface area (Å²) in [6.45, 7) is 7.79. The smallest absolute Gasteiger partial charge is 0.223 e. The van der Waals surface area contributed by atoms with Crippen molar-refractivity contribution in [2.45, 2.75) is 39.7 Å². The highest BCUT2D eigenvalue weighted by atomic mass is 16.5. The molecule has 1 heterocycles. The van der Waals surface area contributed by atoms with Crippen LogP contribution >= 0.6 is 0 Å². The molecule has 130 valence electrons. The predicted molar refractivity (Wildman–Crippen MR) is 92.1 cm³/mol. The molecular weight excluding hydrogens is 306 g/mol. The van der Waals surface area contributed by atoms with Crippen LogP contribution in [0.4, 0.5) is 0 Å². The third-order valence-electron chi connectivity index (χ3n) is 3.82. The van der Waals surface area contributed by atoms with E-state index in [0.29, 0.717) is 5.76 Å². The van der Waals surface area contributed by atoms with Gasteiger partial charge in [-0.05, 0) is 51.5 Å². The summed E-state index contributed by atoms with van der Waals surface area (Å²) >= 11 is 0. The fourth-order valence-electron chi connectivity index (χ4n) is 2.39. The monoisotopic (exact) mass is 331 g/mol. The summed E-state index contributed by atoms with van der Waals surface area (Å²) in [4.78, 5) is 11.9. The van der Waals surface area contributed by atoms with Gasteiger partial charge in [0.2, 0.25) is 5.91 Å². The Morgan fingerprint density at radius 2 is 2.00 bits per heavy atom. The van der Waals surface area contributed by atoms with Crippen LogP contribution in [0, 0.1) is 20.8 Å². The maximum absolute atomic E-state index is 11.9. The second kappa shape index (κ2) is 7.53. The zero-order valence-corrected chi connectivity index (χ0v) is 14.7. The van der Waals surface area contributed by atoms with E-state index in [2.05, 4.69) is 5.32 Å². The third-order valence-corrected chi connectivity index (χ3v) is 3.82. The highest BCUT2D eigenvalue weighted by Crippen LogP contribution is 2.22. The summed E-state index contributed by atoms with van der Waals surface area (Å²) in [6.07, 6.45) is 0.223. The van der Waals surface area contributed by atoms with Gasteiger partial charge < -0.3 is 19.6 Å². The van der Waals surface area contributed by atoms with Gasteiger partial charge in [-0.1, -0.05) is 17.7 Å². The number of hydrogen-bond acceptors (Lipinski definition) is 4. The van der Waals surface area contributed by atoms with Gasteiger partial charge in [0.1, 0.15) is 22.9 Å². The van der Waals surface area contributed by atoms with Gasteiger partial charge in [-0.2, -0.15) is 0 Å². The Hall–Kier alpha value is -2.27. The molecule has 1 aromatic heterocycles. The number of ether oxygens (including phenoxy) is 1. The number of carbonyl (C=O) groups is 1. The van der Waals surface area contributed by atoms with Gasteiger partial charge >= 0.3 is 0 Å². The quantitative estimate of drug-likeness (QED) is 0.818. The number of hydrogen-bond donors (Lipinski definition) is 2. The van der Waals surface area contributed by atoms with E-state index in [9.17, 15) is 9.90 Å². The molecule has 5 heteroatoms. The molecule has 1 aromatic carbocycles. The van der Waals surface area contributed by atoms with Gasteiger partial charge in [0.05, 0.1) is 19.6 Å². The van der Waals surface area contributed by atoms with Crippen LogP contribution in [0.5, 0.6) is 5.75 Å². The molecule has 0 bridgehead atoms. The summed E-state index contributed by atoms with van der Waals surface area (Å²) in [5.74, 6) is 1.76. The molecule has 0 fully saturated rings. The highest BCUT2D eigenvalue weighted by Gasteiger charge is 2.27. The molecule has 0 spiro atoms. The van der Waals surface area contributed by atoms with Gasteiger partial charge in [-0.25, -0.2) is 0 Å². The first-order valence-corrected chi connectivity index (χ1v) is 8.04. The van der Waals surface area contributed by atoms with Gasteiger partial charge in [-0.3, -0.25) is 4.79 Å². The standard InChI is InChI=1S/C19H25NO4/c1-13-5-7-16(14(2)11-13)23-10-9-18(21)20-12-19(4,22)17-8-6-15(3)24-17/h5-8,11,22H,9-10,12H2,1-4H3,(H,20,21). The molecule has 1 amide bonds. The second-order valence-electron chi connectivity index (χ2n) is 6.33. The van der Waals surface area contributed by atoms with Crippen LogP contribution in [0.15, 0.2) is 34.7 Å². The Morgan fingerprint density at radius 1 is 1.25 bits per heavy atom. The molecule has 0 saturated heterocycles. The maximum atomic E-state index is 11.9. The van der Waals surface area contributed by atoms with Crippen molar-refractivity contribution in [1.29, 1.82) is 0 Å². The highest BCUT2D eigenvalue weighted by molar-refractivity contribution is 5.76. The first-order chi connectivity index (χ1) is 11.3. The lowest BCUT2D eigenvalue weighted by molar-refractivity contribution is -0.122. The van der Waals surface area contributed by atoms with E-state index >= 15 is 0 Å². The lowest BCUT2D eigenvalue weighted by atomic mass is 10.0. The lowest BCUT2D eigenvalue weighted by Crippen LogP contribution is -2.38. The van der Waals surface area contributed by atoms with Crippen molar-refractivity contribution in [3.8, 4) is 5.75 Å². The fraction of sp³-hybridized carbons (Fsp3) is 0.421. The van der Waals surface area contributed by atoms with Crippen LogP contribution in [0.1, 0.15) is 36.0 Å². The number of benzene rings is 1. The van der Waals surface area contributed by atoms with E-state index in [1.807, 2.05) is 39.0 Å². The van der Waals surface area contributed by atoms with Crippen LogP contribution in [0.25, 0.3) is 0 Å². The van der Waals surface area contributed by atoms with E-state index < -0.39 is 5.60 Å². The summed E-state index contributed by atoms with van der Waals surface area (Å²) in [6, 6.07) is 9.42. The topological polar surface area (TPSA) is 71.7 Å². The number of amides is 1. The summed E-state index contributed by atoms with van der Waals surface area (Å²) in [7, 11) is 0. The van der Waals surface area contributed by atoms with Crippen molar-refractivity contribution in [3.05, 3.63) is 53.0 Å². The normalized spacial score (nSPS) is 13.4. The van der Waals surface area contributed by atoms with Crippen molar-refractivity contribution < 1.29 is 19.1 Å². The Labute approximate surface area is 142 Å². The molecule has 2 rings (SSSR count). The van der Waals surface area contributed by atoms with E-state index in [4.69, 9.17) is 9.15 Å². The minimum absolute atomic E-state index is 0.0857. The summed E-state index contributed by atoms with van der Waals surface area (Å²) in [5.41, 5.74) is 0.984. The lowest BCUT2D eigenvalue weighted by Gasteiger charge is -2.21. The average molecular weight is 331 g/mol. The maximum Gasteiger partial charge on any atom is 0.223 e. The van der Waals surface area contributed by atoms with Gasteiger partial charge in [0, 0.05) is 0 Å². The number of rotatable bonds is 7. The Morgan fingerprint density at radius 3 is 2.62 bits per heavy atom. The molecule has 1 unspecified atom stereocenters. The zero-order chi connectivity index (χ0) is 17.7. The molecule has 0 saturated carbocycles. The minimum Gasteiger partial charge on any atom is -0.493 e. The van der Waals surface area contributed by atoms with Crippen molar-refractivity contribution in [1.82, 2.24) is 5.32 Å². The number of aryl methyl sites for hydroxylation is 3. The SMILES string of the molecule is Cc1ccc(OCCC(=O)NCC(C)(O)c2ccc(C)o2)c(C)c1. The molecule has 5 nitrogen and oxygen atoms in total. The van der Waals surface area contributed by atoms with Crippen molar-refractivity contribution in [3.63, 3.8) is 0 Å². The summed E-state index contributed by atoms with van der Waals surface area (Å²) < 4.78 is 11.1. The largest absolute Gasteiger partial charge is 0.493 e. The Kier molecular flexibility index (Phi) is 5.67. The Balaban J connectivity index is 1.77. The van der Waals surface area contributed by atoms with Crippen LogP contribution in [-0.4, -0.2) is 24.2 Å². The first-order valence-electron chi connectivity index (χ1n) is 8.04. The fourth-order valence-corrected chi connectivity index (χ4v) is 2.39. The van der Waals surface area contributed by atoms with E-state index in [1.54, 1.807) is 19.1 Å². The van der Waals surface area contributed by atoms with E-state index in [-0.39, 0.29) is 25.5 Å². The molecule has 1 atom stereocenters. The van der Waals surface area contributed by atoms with Gasteiger partial charge in [0.25, 0.3) is 0 Å². The molecule has 2 N–H and O–H groups in total. The van der Waals surface area contributed by atoms with Gasteiger partial charge in [0.15, 0.2) is 0 Å². The van der Waals surface area contributed by atoms with E-state index in [1.165, 1.54) is 5.56 Å². The zero-order valence-electron chi connectivity index (χ0n) is 14.7. The Bertz CT molecular complexity index is 703. The van der Waals surface area contributed by atoms with Gasteiger partial charge in [-0.15, -0.1) is 0 Å². The van der Waals surface area contributed by atoms with E-state index in [0.717, 1.165) is 17.1 Å². The molecule has 0 aliphatic rings. The molecule has 0 aliphatic carbocycles. The van der Waals surface area contributed by atoms with Crippen molar-refractivity contribution in [2.24, 2.45) is 0 Å². The molecule has 24 heavy (non-hydrogen) atoms. The number of nitrogens with one attached hydrogen (secondary N) is 1. The third kappa shape index (κ3) is 4.86. The number of aliphatic hydroxyl groups is 1. The van der Waals surface area contributed by atoms with Crippen LogP contribution in [-0.2, 0) is 10.4 Å². The second-order valence-corrected chi connectivity index (χ2v) is 6.33. The molecular formula is C19H25NO4. The average Bonchev–Trinajstić information content (AvgIpc) is 2.95. The molecule has 0 aliphatic heterocycles. The summed E-state index contributed by atoms with van der Waals surface area (Å²) in [5, 5.41) is 13.1. The van der Waals surface area contributed by atoms with Crippen molar-refractivity contribution >= 4 is 5.91 Å². The van der Waals surface area contributed by atoms with Crippen LogP contribution < -0.4 is 10.1 Å². The number of carbonyl (C=O) groups excluding carboxylic acids is 1. The van der Waals surface area contributed by atoms with Crippen LogP contribution in [0.3, 0.4) is 0 Å². The molecule has 2 aromatic rings. The van der Waals surface area contributed by atoms with Crippen molar-refractivity contribution in [2.75, 3.05) is 13.2 Å².